The first-order valence-corrected chi connectivity index (χ1v) is 6.81. The zero-order chi connectivity index (χ0) is 15.3. The number of hydrogen-bond acceptors (Lipinski definition) is 6. The van der Waals surface area contributed by atoms with Crippen LogP contribution in [0.4, 0.5) is 0 Å². The molecule has 1 saturated heterocycles. The van der Waals surface area contributed by atoms with Crippen LogP contribution in [0.2, 0.25) is 0 Å². The molecule has 0 radical (unpaired) electrons. The second kappa shape index (κ2) is 6.62. The lowest BCUT2D eigenvalue weighted by Gasteiger charge is -2.36. The molecule has 1 aromatic rings. The number of carbonyl (C=O) groups is 2. The number of methoxy groups -OCH3 is 1. The third kappa shape index (κ3) is 3.98. The fraction of sp³-hybridized carbons (Fsp3) is 0.571. The molecular formula is C14H19N3O4. The van der Waals surface area contributed by atoms with Crippen molar-refractivity contribution in [3.8, 4) is 0 Å². The Morgan fingerprint density at radius 1 is 1.52 bits per heavy atom. The summed E-state index contributed by atoms with van der Waals surface area (Å²) in [6.45, 7) is 2.63. The average molecular weight is 293 g/mol. The lowest BCUT2D eigenvalue weighted by Crippen LogP contribution is -2.55. The second-order valence-electron chi connectivity index (χ2n) is 5.13. The smallest absolute Gasteiger partial charge is 0.307 e. The van der Waals surface area contributed by atoms with Gasteiger partial charge in [-0.15, -0.1) is 0 Å². The van der Waals surface area contributed by atoms with Crippen LogP contribution in [0.3, 0.4) is 0 Å². The van der Waals surface area contributed by atoms with Crippen molar-refractivity contribution < 1.29 is 19.1 Å². The predicted octanol–water partition coefficient (Wildman–Crippen LogP) is 0.627. The van der Waals surface area contributed by atoms with Gasteiger partial charge in [0.2, 0.25) is 0 Å². The summed E-state index contributed by atoms with van der Waals surface area (Å²) in [6.07, 6.45) is 3.05. The molecule has 114 valence electrons. The fourth-order valence-electron chi connectivity index (χ4n) is 2.37. The Labute approximate surface area is 123 Å². The van der Waals surface area contributed by atoms with E-state index in [0.717, 1.165) is 6.42 Å². The molecule has 21 heavy (non-hydrogen) atoms. The molecule has 1 fully saturated rings. The summed E-state index contributed by atoms with van der Waals surface area (Å²) < 4.78 is 10.1. The van der Waals surface area contributed by atoms with Crippen LogP contribution in [0.1, 0.15) is 35.6 Å². The molecule has 0 aliphatic carbocycles. The number of carbonyl (C=O) groups excluding carboxylic acids is 2. The van der Waals surface area contributed by atoms with Crippen molar-refractivity contribution in [2.75, 3.05) is 20.3 Å². The maximum Gasteiger partial charge on any atom is 0.307 e. The normalized spacial score (nSPS) is 21.6. The number of aromatic nitrogens is 2. The molecule has 1 atom stereocenters. The van der Waals surface area contributed by atoms with Crippen LogP contribution in [0.15, 0.2) is 12.3 Å². The number of rotatable bonds is 4. The number of amides is 1. The van der Waals surface area contributed by atoms with E-state index in [1.165, 1.54) is 19.4 Å². The third-order valence-electron chi connectivity index (χ3n) is 3.42. The quantitative estimate of drug-likeness (QED) is 0.819. The van der Waals surface area contributed by atoms with Crippen molar-refractivity contribution in [2.45, 2.75) is 31.7 Å². The molecule has 1 amide bonds. The van der Waals surface area contributed by atoms with Crippen molar-refractivity contribution >= 4 is 11.9 Å². The number of hydrogen-bond donors (Lipinski definition) is 1. The number of aryl methyl sites for hydroxylation is 1. The van der Waals surface area contributed by atoms with Gasteiger partial charge >= 0.3 is 5.97 Å². The predicted molar refractivity (Wildman–Crippen MR) is 73.7 cm³/mol. The monoisotopic (exact) mass is 293 g/mol. The molecule has 0 aromatic carbocycles. The molecule has 1 N–H and O–H groups in total. The Balaban J connectivity index is 2.14. The number of nitrogens with one attached hydrogen (secondary N) is 1. The molecule has 7 nitrogen and oxygen atoms in total. The van der Waals surface area contributed by atoms with Gasteiger partial charge in [0.1, 0.15) is 11.5 Å². The number of ether oxygens (including phenoxy) is 2. The summed E-state index contributed by atoms with van der Waals surface area (Å²) in [7, 11) is 1.33. The van der Waals surface area contributed by atoms with Crippen LogP contribution < -0.4 is 5.32 Å². The Morgan fingerprint density at radius 3 is 2.95 bits per heavy atom. The zero-order valence-corrected chi connectivity index (χ0v) is 12.2. The lowest BCUT2D eigenvalue weighted by molar-refractivity contribution is -0.143. The third-order valence-corrected chi connectivity index (χ3v) is 3.42. The van der Waals surface area contributed by atoms with Gasteiger partial charge in [0.05, 0.1) is 25.7 Å². The van der Waals surface area contributed by atoms with Crippen LogP contribution >= 0.6 is 0 Å². The van der Waals surface area contributed by atoms with E-state index in [1.807, 2.05) is 0 Å². The minimum absolute atomic E-state index is 0.0826. The molecule has 0 unspecified atom stereocenters. The maximum absolute atomic E-state index is 12.3. The summed E-state index contributed by atoms with van der Waals surface area (Å²) in [4.78, 5) is 32.0. The first-order valence-electron chi connectivity index (χ1n) is 6.81. The average Bonchev–Trinajstić information content (AvgIpc) is 2.47. The van der Waals surface area contributed by atoms with Gasteiger partial charge in [-0.3, -0.25) is 9.59 Å². The second-order valence-corrected chi connectivity index (χ2v) is 5.13. The molecule has 2 heterocycles. The van der Waals surface area contributed by atoms with E-state index < -0.39 is 5.54 Å². The van der Waals surface area contributed by atoms with Gasteiger partial charge in [-0.1, -0.05) is 0 Å². The molecular weight excluding hydrogens is 274 g/mol. The molecule has 1 aliphatic rings. The Bertz CT molecular complexity index is 527. The van der Waals surface area contributed by atoms with Crippen LogP contribution in [-0.2, 0) is 14.3 Å². The summed E-state index contributed by atoms with van der Waals surface area (Å²) >= 11 is 0. The summed E-state index contributed by atoms with van der Waals surface area (Å²) in [6, 6.07) is 1.54. The number of nitrogens with zero attached hydrogens (tertiary/aromatic N) is 2. The summed E-state index contributed by atoms with van der Waals surface area (Å²) in [5, 5.41) is 2.89. The fourth-order valence-corrected chi connectivity index (χ4v) is 2.37. The van der Waals surface area contributed by atoms with Crippen LogP contribution in [-0.4, -0.2) is 47.7 Å². The van der Waals surface area contributed by atoms with E-state index in [4.69, 9.17) is 9.47 Å². The highest BCUT2D eigenvalue weighted by Gasteiger charge is 2.37. The maximum atomic E-state index is 12.3. The summed E-state index contributed by atoms with van der Waals surface area (Å²) in [5.74, 6) is -0.195. The van der Waals surface area contributed by atoms with E-state index in [1.54, 1.807) is 6.92 Å². The zero-order valence-electron chi connectivity index (χ0n) is 12.2. The van der Waals surface area contributed by atoms with Gasteiger partial charge in [-0.05, 0) is 25.8 Å². The van der Waals surface area contributed by atoms with E-state index >= 15 is 0 Å². The van der Waals surface area contributed by atoms with Gasteiger partial charge in [0.25, 0.3) is 5.91 Å². The van der Waals surface area contributed by atoms with Gasteiger partial charge in [0, 0.05) is 12.8 Å². The SMILES string of the molecule is COC(=O)C[C@]1(NC(=O)c2ccnc(C)n2)CCCOC1. The van der Waals surface area contributed by atoms with Gasteiger partial charge in [-0.25, -0.2) is 9.97 Å². The highest BCUT2D eigenvalue weighted by atomic mass is 16.5. The molecule has 1 aliphatic heterocycles. The van der Waals surface area contributed by atoms with Crippen LogP contribution in [0.5, 0.6) is 0 Å². The molecule has 2 rings (SSSR count). The van der Waals surface area contributed by atoms with E-state index in [9.17, 15) is 9.59 Å². The van der Waals surface area contributed by atoms with Crippen molar-refractivity contribution in [2.24, 2.45) is 0 Å². The number of esters is 1. The van der Waals surface area contributed by atoms with E-state index in [2.05, 4.69) is 15.3 Å². The van der Waals surface area contributed by atoms with E-state index in [0.29, 0.717) is 18.9 Å². The van der Waals surface area contributed by atoms with Crippen molar-refractivity contribution in [3.05, 3.63) is 23.8 Å². The Hall–Kier alpha value is -2.02. The molecule has 7 heteroatoms. The Morgan fingerprint density at radius 2 is 2.33 bits per heavy atom. The van der Waals surface area contributed by atoms with Crippen LogP contribution in [0, 0.1) is 6.92 Å². The van der Waals surface area contributed by atoms with Crippen molar-refractivity contribution in [1.29, 1.82) is 0 Å². The standard InChI is InChI=1S/C14H19N3O4/c1-10-15-6-4-11(16-10)13(19)17-14(8-12(18)20-2)5-3-7-21-9-14/h4,6H,3,5,7-9H2,1-2H3,(H,17,19)/t14-/m1/s1. The highest BCUT2D eigenvalue weighted by Crippen LogP contribution is 2.24. The Kier molecular flexibility index (Phi) is 4.85. The van der Waals surface area contributed by atoms with Crippen LogP contribution in [0.25, 0.3) is 0 Å². The van der Waals surface area contributed by atoms with E-state index in [-0.39, 0.29) is 30.6 Å². The van der Waals surface area contributed by atoms with Crippen molar-refractivity contribution in [3.63, 3.8) is 0 Å². The molecule has 0 bridgehead atoms. The first kappa shape index (κ1) is 15.4. The van der Waals surface area contributed by atoms with Gasteiger partial charge in [-0.2, -0.15) is 0 Å². The van der Waals surface area contributed by atoms with Crippen molar-refractivity contribution in [1.82, 2.24) is 15.3 Å². The highest BCUT2D eigenvalue weighted by molar-refractivity contribution is 5.93. The largest absolute Gasteiger partial charge is 0.469 e. The topological polar surface area (TPSA) is 90.4 Å². The minimum Gasteiger partial charge on any atom is -0.469 e. The first-order chi connectivity index (χ1) is 10.0. The summed E-state index contributed by atoms with van der Waals surface area (Å²) in [5.41, 5.74) is -0.460. The lowest BCUT2D eigenvalue weighted by atomic mass is 9.88. The minimum atomic E-state index is -0.735. The van der Waals surface area contributed by atoms with Gasteiger partial charge in [0.15, 0.2) is 0 Å². The molecule has 0 spiro atoms. The molecule has 1 aromatic heterocycles. The van der Waals surface area contributed by atoms with Gasteiger partial charge < -0.3 is 14.8 Å². The molecule has 0 saturated carbocycles.